The summed E-state index contributed by atoms with van der Waals surface area (Å²) in [6.45, 7) is 5.97. The fraction of sp³-hybridized carbons (Fsp3) is 0.929. The van der Waals surface area contributed by atoms with E-state index in [4.69, 9.17) is 0 Å². The third-order valence-electron chi connectivity index (χ3n) is 4.64. The van der Waals surface area contributed by atoms with Crippen LogP contribution in [-0.2, 0) is 4.79 Å². The highest BCUT2D eigenvalue weighted by Crippen LogP contribution is 2.31. The SMILES string of the molecule is CN(C)C1CCCN(C(=O)C2(C)CCNCC2)C1. The molecule has 2 aliphatic heterocycles. The van der Waals surface area contributed by atoms with Crippen LogP contribution in [0.15, 0.2) is 0 Å². The van der Waals surface area contributed by atoms with Gasteiger partial charge in [-0.05, 0) is 52.9 Å². The molecule has 0 radical (unpaired) electrons. The summed E-state index contributed by atoms with van der Waals surface area (Å²) in [7, 11) is 4.23. The second kappa shape index (κ2) is 5.57. The molecule has 1 N–H and O–H groups in total. The number of nitrogens with one attached hydrogen (secondary N) is 1. The highest BCUT2D eigenvalue weighted by molar-refractivity contribution is 5.82. The van der Waals surface area contributed by atoms with Gasteiger partial charge in [-0.1, -0.05) is 6.92 Å². The van der Waals surface area contributed by atoms with Crippen LogP contribution in [0.25, 0.3) is 0 Å². The molecule has 4 heteroatoms. The summed E-state index contributed by atoms with van der Waals surface area (Å²) in [5.41, 5.74) is -0.126. The predicted molar refractivity (Wildman–Crippen MR) is 73.5 cm³/mol. The van der Waals surface area contributed by atoms with Gasteiger partial charge in [0, 0.05) is 24.5 Å². The minimum atomic E-state index is -0.126. The van der Waals surface area contributed by atoms with Gasteiger partial charge in [0.2, 0.25) is 5.91 Å². The largest absolute Gasteiger partial charge is 0.341 e. The van der Waals surface area contributed by atoms with E-state index in [1.54, 1.807) is 0 Å². The molecule has 1 atom stereocenters. The zero-order valence-corrected chi connectivity index (χ0v) is 12.0. The quantitative estimate of drug-likeness (QED) is 0.795. The van der Waals surface area contributed by atoms with Crippen LogP contribution in [0.2, 0.25) is 0 Å². The minimum Gasteiger partial charge on any atom is -0.341 e. The molecule has 18 heavy (non-hydrogen) atoms. The van der Waals surface area contributed by atoms with Gasteiger partial charge in [-0.25, -0.2) is 0 Å². The zero-order chi connectivity index (χ0) is 13.2. The number of amides is 1. The average Bonchev–Trinajstić information content (AvgIpc) is 2.39. The van der Waals surface area contributed by atoms with Crippen molar-refractivity contribution in [1.29, 1.82) is 0 Å². The standard InChI is InChI=1S/C14H27N3O/c1-14(6-8-15-9-7-14)13(18)17-10-4-5-12(11-17)16(2)3/h12,15H,4-11H2,1-3H3. The number of hydrogen-bond acceptors (Lipinski definition) is 3. The number of likely N-dealkylation sites (tertiary alicyclic amines) is 1. The Labute approximate surface area is 111 Å². The Morgan fingerprint density at radius 1 is 1.33 bits per heavy atom. The first-order chi connectivity index (χ1) is 8.53. The lowest BCUT2D eigenvalue weighted by atomic mass is 9.79. The molecule has 0 aromatic heterocycles. The van der Waals surface area contributed by atoms with Crippen LogP contribution in [0.4, 0.5) is 0 Å². The van der Waals surface area contributed by atoms with Crippen LogP contribution in [0.5, 0.6) is 0 Å². The highest BCUT2D eigenvalue weighted by Gasteiger charge is 2.39. The first-order valence-electron chi connectivity index (χ1n) is 7.19. The molecule has 2 heterocycles. The number of likely N-dealkylation sites (N-methyl/N-ethyl adjacent to an activating group) is 1. The monoisotopic (exact) mass is 253 g/mol. The molecular weight excluding hydrogens is 226 g/mol. The lowest BCUT2D eigenvalue weighted by Gasteiger charge is -2.42. The number of carbonyl (C=O) groups is 1. The summed E-state index contributed by atoms with van der Waals surface area (Å²) in [5.74, 6) is 0.385. The molecule has 4 nitrogen and oxygen atoms in total. The predicted octanol–water partition coefficient (Wildman–Crippen LogP) is 0.929. The van der Waals surface area contributed by atoms with E-state index >= 15 is 0 Å². The van der Waals surface area contributed by atoms with Crippen molar-refractivity contribution in [1.82, 2.24) is 15.1 Å². The van der Waals surface area contributed by atoms with E-state index in [0.29, 0.717) is 11.9 Å². The van der Waals surface area contributed by atoms with Gasteiger partial charge < -0.3 is 15.1 Å². The summed E-state index contributed by atoms with van der Waals surface area (Å²) >= 11 is 0. The number of hydrogen-bond donors (Lipinski definition) is 1. The van der Waals surface area contributed by atoms with Crippen molar-refractivity contribution in [2.75, 3.05) is 40.3 Å². The van der Waals surface area contributed by atoms with Crippen LogP contribution in [0.3, 0.4) is 0 Å². The van der Waals surface area contributed by atoms with Gasteiger partial charge >= 0.3 is 0 Å². The van der Waals surface area contributed by atoms with E-state index < -0.39 is 0 Å². The topological polar surface area (TPSA) is 35.6 Å². The number of piperidine rings is 2. The lowest BCUT2D eigenvalue weighted by Crippen LogP contribution is -2.53. The van der Waals surface area contributed by atoms with Gasteiger partial charge in [0.15, 0.2) is 0 Å². The first-order valence-corrected chi connectivity index (χ1v) is 7.19. The molecule has 2 aliphatic rings. The molecule has 0 aromatic rings. The Morgan fingerprint density at radius 2 is 2.00 bits per heavy atom. The van der Waals surface area contributed by atoms with Gasteiger partial charge in [-0.15, -0.1) is 0 Å². The molecule has 2 fully saturated rings. The molecular formula is C14H27N3O. The molecule has 1 amide bonds. The maximum absolute atomic E-state index is 12.7. The second-order valence-electron chi connectivity index (χ2n) is 6.32. The second-order valence-corrected chi connectivity index (χ2v) is 6.32. The third-order valence-corrected chi connectivity index (χ3v) is 4.64. The van der Waals surface area contributed by atoms with Crippen molar-refractivity contribution < 1.29 is 4.79 Å². The summed E-state index contributed by atoms with van der Waals surface area (Å²) in [5, 5.41) is 3.35. The van der Waals surface area contributed by atoms with Crippen molar-refractivity contribution >= 4 is 5.91 Å². The van der Waals surface area contributed by atoms with Crippen molar-refractivity contribution in [2.24, 2.45) is 5.41 Å². The Morgan fingerprint density at radius 3 is 2.61 bits per heavy atom. The van der Waals surface area contributed by atoms with E-state index in [9.17, 15) is 4.79 Å². The summed E-state index contributed by atoms with van der Waals surface area (Å²) in [6.07, 6.45) is 4.32. The Kier molecular flexibility index (Phi) is 4.28. The van der Waals surface area contributed by atoms with Crippen LogP contribution in [0.1, 0.15) is 32.6 Å². The van der Waals surface area contributed by atoms with Crippen LogP contribution in [0, 0.1) is 5.41 Å². The molecule has 0 aliphatic carbocycles. The Balaban J connectivity index is 1.99. The molecule has 0 aromatic carbocycles. The highest BCUT2D eigenvalue weighted by atomic mass is 16.2. The van der Waals surface area contributed by atoms with E-state index in [2.05, 4.69) is 36.1 Å². The maximum atomic E-state index is 12.7. The van der Waals surface area contributed by atoms with Crippen LogP contribution in [-0.4, -0.2) is 62.0 Å². The minimum absolute atomic E-state index is 0.126. The van der Waals surface area contributed by atoms with Crippen molar-refractivity contribution in [3.63, 3.8) is 0 Å². The lowest BCUT2D eigenvalue weighted by molar-refractivity contribution is -0.144. The first kappa shape index (κ1) is 13.8. The summed E-state index contributed by atoms with van der Waals surface area (Å²) < 4.78 is 0. The molecule has 104 valence electrons. The van der Waals surface area contributed by atoms with Gasteiger partial charge in [-0.3, -0.25) is 4.79 Å². The molecule has 0 saturated carbocycles. The van der Waals surface area contributed by atoms with Crippen molar-refractivity contribution in [3.8, 4) is 0 Å². The smallest absolute Gasteiger partial charge is 0.228 e. The van der Waals surface area contributed by atoms with Crippen molar-refractivity contribution in [2.45, 2.75) is 38.6 Å². The van der Waals surface area contributed by atoms with Gasteiger partial charge in [-0.2, -0.15) is 0 Å². The van der Waals surface area contributed by atoms with Gasteiger partial charge in [0.1, 0.15) is 0 Å². The summed E-state index contributed by atoms with van der Waals surface area (Å²) in [6, 6.07) is 0.535. The van der Waals surface area contributed by atoms with E-state index in [1.807, 2.05) is 0 Å². The number of nitrogens with zero attached hydrogens (tertiary/aromatic N) is 2. The summed E-state index contributed by atoms with van der Waals surface area (Å²) in [4.78, 5) is 17.1. The van der Waals surface area contributed by atoms with Gasteiger partial charge in [0.25, 0.3) is 0 Å². The van der Waals surface area contributed by atoms with Gasteiger partial charge in [0.05, 0.1) is 0 Å². The molecule has 0 spiro atoms. The van der Waals surface area contributed by atoms with Crippen molar-refractivity contribution in [3.05, 3.63) is 0 Å². The van der Waals surface area contributed by atoms with Crippen LogP contribution < -0.4 is 5.32 Å². The Bertz CT molecular complexity index is 297. The van der Waals surface area contributed by atoms with E-state index in [0.717, 1.165) is 45.4 Å². The number of rotatable bonds is 2. The molecule has 2 saturated heterocycles. The molecule has 0 bridgehead atoms. The normalized spacial score (nSPS) is 28.4. The van der Waals surface area contributed by atoms with Crippen LogP contribution >= 0.6 is 0 Å². The fourth-order valence-corrected chi connectivity index (χ4v) is 3.13. The molecule has 2 rings (SSSR count). The fourth-order valence-electron chi connectivity index (χ4n) is 3.13. The maximum Gasteiger partial charge on any atom is 0.228 e. The number of carbonyl (C=O) groups excluding carboxylic acids is 1. The van der Waals surface area contributed by atoms with E-state index in [-0.39, 0.29) is 5.41 Å². The van der Waals surface area contributed by atoms with E-state index in [1.165, 1.54) is 6.42 Å². The Hall–Kier alpha value is -0.610. The third kappa shape index (κ3) is 2.86. The average molecular weight is 253 g/mol. The zero-order valence-electron chi connectivity index (χ0n) is 12.0. The molecule has 1 unspecified atom stereocenters.